The van der Waals surface area contributed by atoms with E-state index >= 15 is 0 Å². The first kappa shape index (κ1) is 12.9. The standard InChI is InChI=1S/C14H14N2O3/c1-19-14(18)12-6-3-7-15-13(12)16-9-10-4-2-5-11(17)8-10/h2-8,17H,9H2,1H3,(H,15,16). The average Bonchev–Trinajstić information content (AvgIpc) is 2.45. The van der Waals surface area contributed by atoms with Crippen molar-refractivity contribution in [1.82, 2.24) is 4.98 Å². The molecule has 0 aliphatic carbocycles. The summed E-state index contributed by atoms with van der Waals surface area (Å²) >= 11 is 0. The monoisotopic (exact) mass is 258 g/mol. The molecule has 1 aromatic heterocycles. The largest absolute Gasteiger partial charge is 0.508 e. The number of ether oxygens (including phenoxy) is 1. The van der Waals surface area contributed by atoms with Crippen LogP contribution in [0, 0.1) is 0 Å². The zero-order chi connectivity index (χ0) is 13.7. The second kappa shape index (κ2) is 5.86. The van der Waals surface area contributed by atoms with E-state index in [0.717, 1.165) is 5.56 Å². The van der Waals surface area contributed by atoms with Gasteiger partial charge in [-0.3, -0.25) is 0 Å². The summed E-state index contributed by atoms with van der Waals surface area (Å²) in [5.74, 6) is 0.220. The van der Waals surface area contributed by atoms with Crippen molar-refractivity contribution in [2.24, 2.45) is 0 Å². The lowest BCUT2D eigenvalue weighted by Gasteiger charge is -2.09. The molecule has 0 aliphatic heterocycles. The highest BCUT2D eigenvalue weighted by molar-refractivity contribution is 5.94. The van der Waals surface area contributed by atoms with Crippen LogP contribution < -0.4 is 5.32 Å². The average molecular weight is 258 g/mol. The maximum atomic E-state index is 11.6. The Labute approximate surface area is 110 Å². The van der Waals surface area contributed by atoms with Gasteiger partial charge in [0.15, 0.2) is 0 Å². The highest BCUT2D eigenvalue weighted by Gasteiger charge is 2.11. The first-order valence-corrected chi connectivity index (χ1v) is 5.76. The summed E-state index contributed by atoms with van der Waals surface area (Å²) in [6.45, 7) is 0.454. The van der Waals surface area contributed by atoms with E-state index in [4.69, 9.17) is 0 Å². The van der Waals surface area contributed by atoms with Gasteiger partial charge in [-0.15, -0.1) is 0 Å². The first-order valence-electron chi connectivity index (χ1n) is 5.76. The van der Waals surface area contributed by atoms with Crippen LogP contribution in [-0.4, -0.2) is 23.2 Å². The highest BCUT2D eigenvalue weighted by Crippen LogP contribution is 2.16. The fourth-order valence-corrected chi connectivity index (χ4v) is 1.67. The van der Waals surface area contributed by atoms with Crippen LogP contribution >= 0.6 is 0 Å². The van der Waals surface area contributed by atoms with Gasteiger partial charge < -0.3 is 15.2 Å². The summed E-state index contributed by atoms with van der Waals surface area (Å²) in [4.78, 5) is 15.7. The summed E-state index contributed by atoms with van der Waals surface area (Å²) in [6.07, 6.45) is 1.59. The van der Waals surface area contributed by atoms with E-state index in [-0.39, 0.29) is 5.75 Å². The number of phenols is 1. The van der Waals surface area contributed by atoms with Crippen molar-refractivity contribution in [3.05, 3.63) is 53.7 Å². The number of nitrogens with zero attached hydrogens (tertiary/aromatic N) is 1. The molecule has 0 saturated carbocycles. The second-order valence-corrected chi connectivity index (χ2v) is 3.91. The van der Waals surface area contributed by atoms with Crippen molar-refractivity contribution in [2.45, 2.75) is 6.54 Å². The summed E-state index contributed by atoms with van der Waals surface area (Å²) in [7, 11) is 1.33. The number of nitrogens with one attached hydrogen (secondary N) is 1. The molecule has 2 aromatic rings. The third kappa shape index (κ3) is 3.22. The SMILES string of the molecule is COC(=O)c1cccnc1NCc1cccc(O)c1. The normalized spacial score (nSPS) is 9.95. The van der Waals surface area contributed by atoms with Crippen LogP contribution in [0.4, 0.5) is 5.82 Å². The highest BCUT2D eigenvalue weighted by atomic mass is 16.5. The van der Waals surface area contributed by atoms with Crippen molar-refractivity contribution in [3.63, 3.8) is 0 Å². The van der Waals surface area contributed by atoms with Gasteiger partial charge in [0.25, 0.3) is 0 Å². The van der Waals surface area contributed by atoms with E-state index in [1.165, 1.54) is 7.11 Å². The molecule has 2 rings (SSSR count). The quantitative estimate of drug-likeness (QED) is 0.822. The topological polar surface area (TPSA) is 71.5 Å². The van der Waals surface area contributed by atoms with Gasteiger partial charge in [-0.25, -0.2) is 9.78 Å². The fourth-order valence-electron chi connectivity index (χ4n) is 1.67. The minimum absolute atomic E-state index is 0.202. The Bertz CT molecular complexity index is 584. The zero-order valence-electron chi connectivity index (χ0n) is 10.5. The van der Waals surface area contributed by atoms with E-state index in [1.54, 1.807) is 36.5 Å². The summed E-state index contributed by atoms with van der Waals surface area (Å²) in [5, 5.41) is 12.4. The van der Waals surface area contributed by atoms with E-state index < -0.39 is 5.97 Å². The lowest BCUT2D eigenvalue weighted by Crippen LogP contribution is -2.09. The van der Waals surface area contributed by atoms with Gasteiger partial charge in [-0.2, -0.15) is 0 Å². The lowest BCUT2D eigenvalue weighted by molar-refractivity contribution is 0.0601. The van der Waals surface area contributed by atoms with Crippen LogP contribution in [-0.2, 0) is 11.3 Å². The van der Waals surface area contributed by atoms with Gasteiger partial charge in [0.05, 0.1) is 7.11 Å². The molecule has 0 atom stereocenters. The van der Waals surface area contributed by atoms with Crippen LogP contribution in [0.3, 0.4) is 0 Å². The Morgan fingerprint density at radius 1 is 1.37 bits per heavy atom. The van der Waals surface area contributed by atoms with Gasteiger partial charge in [0, 0.05) is 12.7 Å². The summed E-state index contributed by atoms with van der Waals surface area (Å²) in [6, 6.07) is 10.2. The van der Waals surface area contributed by atoms with Crippen molar-refractivity contribution in [2.75, 3.05) is 12.4 Å². The van der Waals surface area contributed by atoms with Gasteiger partial charge in [-0.1, -0.05) is 12.1 Å². The number of rotatable bonds is 4. The molecule has 2 N–H and O–H groups in total. The van der Waals surface area contributed by atoms with Gasteiger partial charge in [0.1, 0.15) is 17.1 Å². The van der Waals surface area contributed by atoms with Crippen molar-refractivity contribution >= 4 is 11.8 Å². The molecule has 5 nitrogen and oxygen atoms in total. The third-order valence-corrected chi connectivity index (χ3v) is 2.58. The van der Waals surface area contributed by atoms with E-state index in [0.29, 0.717) is 17.9 Å². The number of carbonyl (C=O) groups excluding carboxylic acids is 1. The number of pyridine rings is 1. The molecule has 1 aromatic carbocycles. The second-order valence-electron chi connectivity index (χ2n) is 3.91. The number of benzene rings is 1. The van der Waals surface area contributed by atoms with Crippen molar-refractivity contribution in [3.8, 4) is 5.75 Å². The van der Waals surface area contributed by atoms with Crippen LogP contribution in [0.25, 0.3) is 0 Å². The molecule has 1 heterocycles. The fraction of sp³-hybridized carbons (Fsp3) is 0.143. The molecule has 98 valence electrons. The van der Waals surface area contributed by atoms with Crippen LogP contribution in [0.5, 0.6) is 5.75 Å². The Hall–Kier alpha value is -2.56. The van der Waals surface area contributed by atoms with Gasteiger partial charge in [-0.05, 0) is 29.8 Å². The molecular formula is C14H14N2O3. The number of hydrogen-bond acceptors (Lipinski definition) is 5. The predicted molar refractivity (Wildman–Crippen MR) is 71.0 cm³/mol. The van der Waals surface area contributed by atoms with E-state index in [2.05, 4.69) is 15.0 Å². The zero-order valence-corrected chi connectivity index (χ0v) is 10.5. The predicted octanol–water partition coefficient (Wildman–Crippen LogP) is 2.19. The molecule has 0 bridgehead atoms. The van der Waals surface area contributed by atoms with Crippen molar-refractivity contribution in [1.29, 1.82) is 0 Å². The van der Waals surface area contributed by atoms with Crippen LogP contribution in [0.15, 0.2) is 42.6 Å². The lowest BCUT2D eigenvalue weighted by atomic mass is 10.2. The minimum atomic E-state index is -0.438. The Kier molecular flexibility index (Phi) is 3.97. The number of hydrogen-bond donors (Lipinski definition) is 2. The molecular weight excluding hydrogens is 244 g/mol. The number of carbonyl (C=O) groups is 1. The van der Waals surface area contributed by atoms with Gasteiger partial charge >= 0.3 is 5.97 Å². The van der Waals surface area contributed by atoms with Crippen molar-refractivity contribution < 1.29 is 14.6 Å². The number of phenolic OH excluding ortho intramolecular Hbond substituents is 1. The molecule has 0 amide bonds. The summed E-state index contributed by atoms with van der Waals surface area (Å²) < 4.78 is 4.69. The van der Waals surface area contributed by atoms with E-state index in [9.17, 15) is 9.90 Å². The van der Waals surface area contributed by atoms with Gasteiger partial charge in [0.2, 0.25) is 0 Å². The Balaban J connectivity index is 2.13. The third-order valence-electron chi connectivity index (χ3n) is 2.58. The Morgan fingerprint density at radius 2 is 2.21 bits per heavy atom. The molecule has 5 heteroatoms. The molecule has 0 fully saturated rings. The molecule has 19 heavy (non-hydrogen) atoms. The molecule has 0 unspecified atom stereocenters. The maximum absolute atomic E-state index is 11.6. The summed E-state index contributed by atoms with van der Waals surface area (Å²) in [5.41, 5.74) is 1.27. The molecule has 0 radical (unpaired) electrons. The van der Waals surface area contributed by atoms with E-state index in [1.807, 2.05) is 6.07 Å². The number of esters is 1. The maximum Gasteiger partial charge on any atom is 0.341 e. The molecule has 0 spiro atoms. The number of methoxy groups -OCH3 is 1. The number of aromatic hydroxyl groups is 1. The minimum Gasteiger partial charge on any atom is -0.508 e. The first-order chi connectivity index (χ1) is 9.20. The number of anilines is 1. The number of aromatic nitrogens is 1. The Morgan fingerprint density at radius 3 is 2.95 bits per heavy atom. The molecule has 0 saturated heterocycles. The van der Waals surface area contributed by atoms with Crippen LogP contribution in [0.1, 0.15) is 15.9 Å². The smallest absolute Gasteiger partial charge is 0.341 e. The molecule has 0 aliphatic rings. The van der Waals surface area contributed by atoms with Crippen LogP contribution in [0.2, 0.25) is 0 Å².